The van der Waals surface area contributed by atoms with Gasteiger partial charge in [0.2, 0.25) is 5.91 Å². The number of anilines is 3. The summed E-state index contributed by atoms with van der Waals surface area (Å²) in [6, 6.07) is 32.4. The highest BCUT2D eigenvalue weighted by molar-refractivity contribution is 7.90. The summed E-state index contributed by atoms with van der Waals surface area (Å²) in [5, 5.41) is 36.7. The number of carbonyl (C=O) groups is 3. The van der Waals surface area contributed by atoms with E-state index in [0.29, 0.717) is 29.5 Å². The average molecular weight is 1500 g/mol. The number of fused-ring (bicyclic) bond motifs is 1. The van der Waals surface area contributed by atoms with Crippen LogP contribution < -0.4 is 40.4 Å². The Morgan fingerprint density at radius 1 is 0.837 bits per heavy atom. The third-order valence-corrected chi connectivity index (χ3v) is 21.1. The van der Waals surface area contributed by atoms with Crippen molar-refractivity contribution >= 4 is 102 Å². The molecule has 11 rings (SSSR count). The SMILES string of the molecule is COc1cc(C(=O)NCCOCCOCCNc2ccc(S(=O)(=O)NC(=O)c3ccc(N4CCN(CC5=C(c6ccc(Cl)cc6)CC(C)(C)CC5)CC4)cc3Oc3cnc4[nH]ccc4c3)cc2[N+](=O)[O-])ccc1NC(=O)[C@@H]1N[C@@H](CC(C)(C)C)[C@](C#N)(c2ccc(Cl)cc2F)[C@H]1c1cccc(Cl)c1F. The number of pyridine rings is 1. The predicted molar refractivity (Wildman–Crippen MR) is 397 cm³/mol. The van der Waals surface area contributed by atoms with E-state index in [1.54, 1.807) is 24.4 Å². The summed E-state index contributed by atoms with van der Waals surface area (Å²) in [6.07, 6.45) is 6.56. The van der Waals surface area contributed by atoms with E-state index in [2.05, 4.69) is 77.8 Å². The van der Waals surface area contributed by atoms with Crippen molar-refractivity contribution in [1.29, 1.82) is 5.26 Å². The van der Waals surface area contributed by atoms with Gasteiger partial charge in [0.25, 0.3) is 27.5 Å². The van der Waals surface area contributed by atoms with Crippen LogP contribution in [-0.2, 0) is 29.7 Å². The molecule has 2 saturated heterocycles. The van der Waals surface area contributed by atoms with E-state index in [1.165, 1.54) is 90.7 Å². The van der Waals surface area contributed by atoms with Gasteiger partial charge in [0.1, 0.15) is 45.6 Å². The molecule has 2 aromatic heterocycles. The molecule has 1 aliphatic carbocycles. The molecular weight excluding hydrogens is 1420 g/mol. The molecule has 0 saturated carbocycles. The molecular formula is C76H80Cl3F2N11O11S. The van der Waals surface area contributed by atoms with Crippen molar-refractivity contribution in [2.45, 2.75) is 88.6 Å². The van der Waals surface area contributed by atoms with Crippen LogP contribution in [0.15, 0.2) is 150 Å². The van der Waals surface area contributed by atoms with Gasteiger partial charge in [-0.2, -0.15) is 5.26 Å². The van der Waals surface area contributed by atoms with Crippen LogP contribution in [0.3, 0.4) is 0 Å². The molecule has 4 atom stereocenters. The topological polar surface area (TPSA) is 285 Å². The van der Waals surface area contributed by atoms with Gasteiger partial charge in [0, 0.05) is 108 Å². The lowest BCUT2D eigenvalue weighted by molar-refractivity contribution is -0.384. The molecule has 8 aromatic rings. The Morgan fingerprint density at radius 3 is 2.28 bits per heavy atom. The van der Waals surface area contributed by atoms with Crippen LogP contribution in [0.2, 0.25) is 15.1 Å². The van der Waals surface area contributed by atoms with E-state index in [9.17, 15) is 38.2 Å². The van der Waals surface area contributed by atoms with Gasteiger partial charge in [-0.3, -0.25) is 29.4 Å². The Morgan fingerprint density at radius 2 is 1.57 bits per heavy atom. The number of halogens is 5. The Hall–Kier alpha value is -9.23. The summed E-state index contributed by atoms with van der Waals surface area (Å²) in [7, 11) is -3.37. The minimum absolute atomic E-state index is 0.00462. The zero-order chi connectivity index (χ0) is 74.3. The quantitative estimate of drug-likeness (QED) is 0.0158. The van der Waals surface area contributed by atoms with Gasteiger partial charge in [-0.25, -0.2) is 26.9 Å². The number of allylic oxidation sites excluding steroid dienone is 1. The monoisotopic (exact) mass is 1500 g/mol. The van der Waals surface area contributed by atoms with Crippen molar-refractivity contribution in [3.8, 4) is 23.3 Å². The fraction of sp³-hybridized carbons (Fsp3) is 0.355. The number of ether oxygens (including phenoxy) is 4. The summed E-state index contributed by atoms with van der Waals surface area (Å²) in [5.74, 6) is -4.79. The van der Waals surface area contributed by atoms with Crippen molar-refractivity contribution in [2.75, 3.05) is 94.9 Å². The Labute approximate surface area is 616 Å². The number of nitrogens with zero attached hydrogens (tertiary/aromatic N) is 5. The van der Waals surface area contributed by atoms with Crippen molar-refractivity contribution in [1.82, 2.24) is 30.2 Å². The summed E-state index contributed by atoms with van der Waals surface area (Å²) in [6.45, 7) is 14.6. The number of nitrogens with one attached hydrogen (secondary N) is 6. The number of piperazine rings is 1. The number of aromatic amines is 1. The van der Waals surface area contributed by atoms with Crippen molar-refractivity contribution in [3.05, 3.63) is 210 Å². The lowest BCUT2D eigenvalue weighted by Gasteiger charge is -2.39. The molecule has 2 fully saturated rings. The van der Waals surface area contributed by atoms with Gasteiger partial charge in [-0.15, -0.1) is 0 Å². The number of nitro benzene ring substituents is 1. The van der Waals surface area contributed by atoms with Crippen LogP contribution in [0.1, 0.15) is 104 Å². The number of sulfonamides is 1. The molecule has 6 N–H and O–H groups in total. The first-order valence-corrected chi connectivity index (χ1v) is 36.5. The Balaban J connectivity index is 0.657. The van der Waals surface area contributed by atoms with Crippen molar-refractivity contribution in [3.63, 3.8) is 0 Å². The second-order valence-electron chi connectivity index (χ2n) is 27.9. The first-order chi connectivity index (χ1) is 49.6. The first kappa shape index (κ1) is 75.9. The number of carbonyl (C=O) groups excluding carboxylic acids is 3. The first-order valence-electron chi connectivity index (χ1n) is 33.9. The van der Waals surface area contributed by atoms with Gasteiger partial charge in [-0.05, 0) is 138 Å². The molecule has 0 unspecified atom stereocenters. The summed E-state index contributed by atoms with van der Waals surface area (Å²) >= 11 is 18.8. The summed E-state index contributed by atoms with van der Waals surface area (Å²) in [4.78, 5) is 65.4. The number of hydrogen-bond acceptors (Lipinski definition) is 17. The minimum atomic E-state index is -4.71. The highest BCUT2D eigenvalue weighted by Gasteiger charge is 2.61. The molecule has 3 amide bonds. The largest absolute Gasteiger partial charge is 0.495 e. The summed E-state index contributed by atoms with van der Waals surface area (Å²) in [5.41, 5.74) is 2.70. The van der Waals surface area contributed by atoms with E-state index in [4.69, 9.17) is 53.8 Å². The molecule has 546 valence electrons. The minimum Gasteiger partial charge on any atom is -0.495 e. The summed E-state index contributed by atoms with van der Waals surface area (Å²) < 4.78 is 85.7. The number of nitriles is 1. The van der Waals surface area contributed by atoms with Crippen LogP contribution in [0, 0.1) is 43.9 Å². The second kappa shape index (κ2) is 32.4. The maximum atomic E-state index is 16.3. The number of benzene rings is 6. The van der Waals surface area contributed by atoms with Crippen molar-refractivity contribution < 1.29 is 55.5 Å². The van der Waals surface area contributed by atoms with E-state index in [1.807, 2.05) is 39.0 Å². The van der Waals surface area contributed by atoms with Crippen molar-refractivity contribution in [2.24, 2.45) is 10.8 Å². The van der Waals surface area contributed by atoms with E-state index < -0.39 is 83.7 Å². The smallest absolute Gasteiger partial charge is 0.293 e. The lowest BCUT2D eigenvalue weighted by atomic mass is 9.62. The Kier molecular flexibility index (Phi) is 23.7. The third-order valence-electron chi connectivity index (χ3n) is 19.0. The van der Waals surface area contributed by atoms with Crippen LogP contribution >= 0.6 is 34.8 Å². The molecule has 0 radical (unpaired) electrons. The maximum Gasteiger partial charge on any atom is 0.293 e. The maximum absolute atomic E-state index is 16.3. The number of methoxy groups -OCH3 is 1. The molecule has 4 heterocycles. The third kappa shape index (κ3) is 17.6. The number of amides is 3. The van der Waals surface area contributed by atoms with Crippen LogP contribution in [0.4, 0.5) is 31.5 Å². The van der Waals surface area contributed by atoms with Gasteiger partial charge in [0.15, 0.2) is 0 Å². The Bertz CT molecular complexity index is 4740. The van der Waals surface area contributed by atoms with Gasteiger partial charge in [0.05, 0.1) is 77.9 Å². The molecule has 3 aliphatic rings. The second-order valence-corrected chi connectivity index (χ2v) is 30.9. The molecule has 104 heavy (non-hydrogen) atoms. The highest BCUT2D eigenvalue weighted by Crippen LogP contribution is 2.53. The number of H-pyrrole nitrogens is 1. The van der Waals surface area contributed by atoms with Gasteiger partial charge < -0.3 is 50.1 Å². The molecule has 0 spiro atoms. The molecule has 22 nitrogen and oxygen atoms in total. The lowest BCUT2D eigenvalue weighted by Crippen LogP contribution is -2.47. The fourth-order valence-corrected chi connectivity index (χ4v) is 15.3. The predicted octanol–water partition coefficient (Wildman–Crippen LogP) is 14.3. The standard InChI is InChI=1S/C76H80Cl3F2N11O11S/c1-74(2,3)42-66-76(45-82,58-19-15-51(78)38-60(58)80)67(56-8-7-9-59(79)68(56)81)69(88-66)73(95)87-62-20-12-48(37-65(62)100-6)71(93)85-27-33-102-35-34-101-32-26-83-61-21-17-54(40-63(61)92(96)97)104(98,99)89-72(94)55-18-16-52(39-64(55)103-53-36-47-23-25-84-70(47)86-43-53)91-30-28-90(29-31-91)44-49-22-24-75(4,5)41-57(49)46-10-13-50(77)14-11-46/h7-21,23,25,36-40,43,66-67,69,83,88H,22,24,26-35,41-42,44H2,1-6H3,(H,84,86)(H,85,93)(H,87,95)(H,89,94)/t66-,67-,69+,76-/m0/s1. The van der Waals surface area contributed by atoms with Gasteiger partial charge in [-0.1, -0.05) is 105 Å². The van der Waals surface area contributed by atoms with E-state index in [0.717, 1.165) is 68.2 Å². The number of nitro groups is 1. The molecule has 0 bridgehead atoms. The molecule has 6 aromatic carbocycles. The van der Waals surface area contributed by atoms with Crippen LogP contribution in [0.25, 0.3) is 16.6 Å². The van der Waals surface area contributed by atoms with Crippen LogP contribution in [0.5, 0.6) is 17.2 Å². The number of rotatable bonds is 27. The van der Waals surface area contributed by atoms with E-state index >= 15 is 8.78 Å². The van der Waals surface area contributed by atoms with Crippen LogP contribution in [-0.4, -0.2) is 137 Å². The van der Waals surface area contributed by atoms with Gasteiger partial charge >= 0.3 is 0 Å². The normalized spacial score (nSPS) is 18.4. The molecule has 2 aliphatic heterocycles. The number of aromatic nitrogens is 2. The molecule has 28 heteroatoms. The zero-order valence-electron chi connectivity index (χ0n) is 58.1. The number of hydrogen-bond donors (Lipinski definition) is 6. The highest BCUT2D eigenvalue weighted by atomic mass is 35.5. The fourth-order valence-electron chi connectivity index (χ4n) is 13.8. The zero-order valence-corrected chi connectivity index (χ0v) is 61.2. The average Bonchev–Trinajstić information content (AvgIpc) is 1.54. The van der Waals surface area contributed by atoms with E-state index in [-0.39, 0.29) is 107 Å².